The van der Waals surface area contributed by atoms with E-state index in [1.165, 1.54) is 0 Å². The van der Waals surface area contributed by atoms with E-state index >= 15 is 0 Å². The van der Waals surface area contributed by atoms with Crippen molar-refractivity contribution in [2.75, 3.05) is 0 Å². The second kappa shape index (κ2) is 5.19. The van der Waals surface area contributed by atoms with Gasteiger partial charge in [0.1, 0.15) is 12.4 Å². The molecule has 0 unspecified atom stereocenters. The van der Waals surface area contributed by atoms with E-state index in [1.807, 2.05) is 44.2 Å². The van der Waals surface area contributed by atoms with Gasteiger partial charge in [0.2, 0.25) is 0 Å². The van der Waals surface area contributed by atoms with E-state index in [9.17, 15) is 0 Å². The van der Waals surface area contributed by atoms with Gasteiger partial charge in [-0.25, -0.2) is 0 Å². The lowest BCUT2D eigenvalue weighted by Crippen LogP contribution is -2.01. The Morgan fingerprint density at radius 3 is 2.76 bits per heavy atom. The van der Waals surface area contributed by atoms with Crippen molar-refractivity contribution in [1.29, 1.82) is 0 Å². The fraction of sp³-hybridized carbons (Fsp3) is 0.214. The predicted molar refractivity (Wildman–Crippen MR) is 69.5 cm³/mol. The van der Waals surface area contributed by atoms with Gasteiger partial charge in [0.15, 0.2) is 0 Å². The zero-order valence-corrected chi connectivity index (χ0v) is 10.7. The van der Waals surface area contributed by atoms with Crippen LogP contribution in [-0.4, -0.2) is 4.98 Å². The van der Waals surface area contributed by atoms with Crippen molar-refractivity contribution in [3.8, 4) is 5.75 Å². The van der Waals surface area contributed by atoms with E-state index in [2.05, 4.69) is 4.98 Å². The van der Waals surface area contributed by atoms with Crippen LogP contribution in [0.3, 0.4) is 0 Å². The lowest BCUT2D eigenvalue weighted by atomic mass is 10.2. The van der Waals surface area contributed by atoms with Crippen LogP contribution in [0.25, 0.3) is 0 Å². The maximum absolute atomic E-state index is 5.93. The Morgan fingerprint density at radius 1 is 1.18 bits per heavy atom. The topological polar surface area (TPSA) is 22.1 Å². The van der Waals surface area contributed by atoms with E-state index in [0.29, 0.717) is 11.6 Å². The summed E-state index contributed by atoms with van der Waals surface area (Å²) in [5.41, 5.74) is 3.15. The average molecular weight is 248 g/mol. The first-order valence-electron chi connectivity index (χ1n) is 5.46. The van der Waals surface area contributed by atoms with E-state index in [4.69, 9.17) is 16.3 Å². The second-order valence-electron chi connectivity index (χ2n) is 3.97. The number of aromatic nitrogens is 1. The van der Waals surface area contributed by atoms with Crippen LogP contribution in [-0.2, 0) is 6.61 Å². The Bertz CT molecular complexity index is 525. The fourth-order valence-corrected chi connectivity index (χ4v) is 1.71. The Balaban J connectivity index is 2.12. The molecule has 1 aromatic carbocycles. The highest BCUT2D eigenvalue weighted by Crippen LogP contribution is 2.23. The quantitative estimate of drug-likeness (QED) is 0.820. The molecule has 1 heterocycles. The molecular weight excluding hydrogens is 234 g/mol. The summed E-state index contributed by atoms with van der Waals surface area (Å²) in [4.78, 5) is 4.29. The second-order valence-corrected chi connectivity index (χ2v) is 4.40. The first kappa shape index (κ1) is 11.9. The van der Waals surface area contributed by atoms with Gasteiger partial charge in [-0.1, -0.05) is 23.7 Å². The molecule has 0 saturated carbocycles. The Hall–Kier alpha value is -1.54. The minimum absolute atomic E-state index is 0.466. The summed E-state index contributed by atoms with van der Waals surface area (Å²) in [6.45, 7) is 4.49. The number of halogens is 1. The molecule has 0 N–H and O–H groups in total. The van der Waals surface area contributed by atoms with Crippen LogP contribution in [0.15, 0.2) is 36.5 Å². The molecule has 0 amide bonds. The summed E-state index contributed by atoms with van der Waals surface area (Å²) in [7, 11) is 0. The van der Waals surface area contributed by atoms with Crippen LogP contribution in [0.1, 0.15) is 16.8 Å². The monoisotopic (exact) mass is 247 g/mol. The van der Waals surface area contributed by atoms with Crippen molar-refractivity contribution in [2.24, 2.45) is 0 Å². The minimum Gasteiger partial charge on any atom is -0.487 e. The van der Waals surface area contributed by atoms with Crippen LogP contribution in [0.4, 0.5) is 0 Å². The molecule has 0 atom stereocenters. The molecule has 2 rings (SSSR count). The molecule has 0 radical (unpaired) electrons. The largest absolute Gasteiger partial charge is 0.487 e. The van der Waals surface area contributed by atoms with Crippen molar-refractivity contribution in [3.63, 3.8) is 0 Å². The van der Waals surface area contributed by atoms with Crippen LogP contribution in [0.2, 0.25) is 5.02 Å². The van der Waals surface area contributed by atoms with Crippen LogP contribution < -0.4 is 4.74 Å². The van der Waals surface area contributed by atoms with Crippen molar-refractivity contribution >= 4 is 11.6 Å². The highest BCUT2D eigenvalue weighted by Gasteiger charge is 2.03. The van der Waals surface area contributed by atoms with Gasteiger partial charge < -0.3 is 4.74 Å². The summed E-state index contributed by atoms with van der Waals surface area (Å²) >= 11 is 5.93. The fourth-order valence-electron chi connectivity index (χ4n) is 1.55. The van der Waals surface area contributed by atoms with E-state index in [1.54, 1.807) is 6.20 Å². The minimum atomic E-state index is 0.466. The molecule has 2 aromatic rings. The van der Waals surface area contributed by atoms with Crippen molar-refractivity contribution in [3.05, 3.63) is 58.4 Å². The summed E-state index contributed by atoms with van der Waals surface area (Å²) in [5, 5.41) is 0.684. The van der Waals surface area contributed by atoms with E-state index in [0.717, 1.165) is 22.6 Å². The lowest BCUT2D eigenvalue weighted by molar-refractivity contribution is 0.298. The van der Waals surface area contributed by atoms with Gasteiger partial charge in [0.25, 0.3) is 0 Å². The maximum atomic E-state index is 5.93. The highest BCUT2D eigenvalue weighted by atomic mass is 35.5. The third-order valence-corrected chi connectivity index (χ3v) is 2.87. The predicted octanol–water partition coefficient (Wildman–Crippen LogP) is 3.93. The first-order valence-corrected chi connectivity index (χ1v) is 5.84. The molecule has 0 aliphatic heterocycles. The number of hydrogen-bond acceptors (Lipinski definition) is 2. The lowest BCUT2D eigenvalue weighted by Gasteiger charge is -2.10. The molecule has 88 valence electrons. The molecule has 2 nitrogen and oxygen atoms in total. The number of hydrogen-bond donors (Lipinski definition) is 0. The molecule has 0 fully saturated rings. The van der Waals surface area contributed by atoms with Gasteiger partial charge in [-0.2, -0.15) is 0 Å². The normalized spacial score (nSPS) is 10.3. The number of benzene rings is 1. The van der Waals surface area contributed by atoms with E-state index in [-0.39, 0.29) is 0 Å². The maximum Gasteiger partial charge on any atom is 0.130 e. The number of aryl methyl sites for hydroxylation is 2. The van der Waals surface area contributed by atoms with Gasteiger partial charge in [-0.15, -0.1) is 0 Å². The molecule has 0 saturated heterocycles. The van der Waals surface area contributed by atoms with Crippen molar-refractivity contribution < 1.29 is 4.74 Å². The number of ether oxygens (including phenoxy) is 1. The van der Waals surface area contributed by atoms with Gasteiger partial charge in [0, 0.05) is 11.2 Å². The number of nitrogens with zero attached hydrogens (tertiary/aromatic N) is 1. The Labute approximate surface area is 106 Å². The third kappa shape index (κ3) is 2.98. The summed E-state index contributed by atoms with van der Waals surface area (Å²) < 4.78 is 5.74. The van der Waals surface area contributed by atoms with Crippen molar-refractivity contribution in [2.45, 2.75) is 20.5 Å². The smallest absolute Gasteiger partial charge is 0.130 e. The average Bonchev–Trinajstić information content (AvgIpc) is 2.32. The molecule has 17 heavy (non-hydrogen) atoms. The molecule has 0 aliphatic rings. The van der Waals surface area contributed by atoms with Crippen LogP contribution in [0.5, 0.6) is 5.75 Å². The van der Waals surface area contributed by atoms with Crippen LogP contribution in [0, 0.1) is 13.8 Å². The molecule has 0 bridgehead atoms. The Morgan fingerprint density at radius 2 is 2.00 bits per heavy atom. The highest BCUT2D eigenvalue weighted by molar-refractivity contribution is 6.30. The molecule has 0 spiro atoms. The summed E-state index contributed by atoms with van der Waals surface area (Å²) in [5.74, 6) is 0.808. The van der Waals surface area contributed by atoms with Gasteiger partial charge in [0.05, 0.1) is 5.69 Å². The zero-order valence-electron chi connectivity index (χ0n) is 9.90. The first-order chi connectivity index (χ1) is 8.16. The van der Waals surface area contributed by atoms with Crippen LogP contribution >= 0.6 is 11.6 Å². The van der Waals surface area contributed by atoms with E-state index < -0.39 is 0 Å². The van der Waals surface area contributed by atoms with Crippen molar-refractivity contribution in [1.82, 2.24) is 4.98 Å². The molecular formula is C14H14ClNO. The Kier molecular flexibility index (Phi) is 3.64. The van der Waals surface area contributed by atoms with Gasteiger partial charge in [-0.05, 0) is 43.2 Å². The third-order valence-electron chi connectivity index (χ3n) is 2.63. The summed E-state index contributed by atoms with van der Waals surface area (Å²) in [6, 6.07) is 9.58. The molecule has 1 aromatic heterocycles. The number of rotatable bonds is 3. The van der Waals surface area contributed by atoms with Gasteiger partial charge >= 0.3 is 0 Å². The molecule has 3 heteroatoms. The molecule has 0 aliphatic carbocycles. The number of pyridine rings is 1. The SMILES string of the molecule is Cc1ccc(Cl)cc1OCc1ncccc1C. The van der Waals surface area contributed by atoms with Gasteiger partial charge in [-0.3, -0.25) is 4.98 Å². The zero-order chi connectivity index (χ0) is 12.3. The standard InChI is InChI=1S/C14H14ClNO/c1-10-4-3-7-16-13(10)9-17-14-8-12(15)6-5-11(14)2/h3-8H,9H2,1-2H3. The summed E-state index contributed by atoms with van der Waals surface area (Å²) in [6.07, 6.45) is 1.77.